The fraction of sp³-hybridized carbons (Fsp3) is 0.333. The molecular weight excluding hydrogens is 306 g/mol. The number of nitrogens with one attached hydrogen (secondary N) is 1. The third-order valence-electron chi connectivity index (χ3n) is 3.77. The predicted molar refractivity (Wildman–Crippen MR) is 96.5 cm³/mol. The fourth-order valence-electron chi connectivity index (χ4n) is 2.41. The maximum atomic E-state index is 5.20. The summed E-state index contributed by atoms with van der Waals surface area (Å²) in [7, 11) is 1.68. The average Bonchev–Trinajstić information content (AvgIpc) is 3.03. The number of aryl methyl sites for hydroxylation is 2. The number of methoxy groups -OCH3 is 1. The van der Waals surface area contributed by atoms with E-state index in [9.17, 15) is 0 Å². The van der Waals surface area contributed by atoms with Crippen molar-refractivity contribution in [3.8, 4) is 5.75 Å². The summed E-state index contributed by atoms with van der Waals surface area (Å²) in [5.74, 6) is 2.69. The highest BCUT2D eigenvalue weighted by molar-refractivity contribution is 7.18. The number of benzene rings is 1. The molecule has 1 aromatic carbocycles. The van der Waals surface area contributed by atoms with Crippen molar-refractivity contribution in [2.75, 3.05) is 12.4 Å². The summed E-state index contributed by atoms with van der Waals surface area (Å²) in [5.41, 5.74) is 1.20. The first-order valence-electron chi connectivity index (χ1n) is 7.89. The Bertz CT molecular complexity index is 796. The van der Waals surface area contributed by atoms with Gasteiger partial charge in [-0.2, -0.15) is 0 Å². The standard InChI is InChI=1S/C18H21N3OS/c1-4-14-10-15-17(20-16(5-2)21-18(15)23-14)19-11-12-6-8-13(22-3)9-7-12/h6-10H,4-5,11H2,1-3H3,(H,19,20,21). The monoisotopic (exact) mass is 327 g/mol. The molecule has 3 aromatic rings. The van der Waals surface area contributed by atoms with E-state index in [2.05, 4.69) is 47.3 Å². The molecule has 0 amide bonds. The topological polar surface area (TPSA) is 47.0 Å². The summed E-state index contributed by atoms with van der Waals surface area (Å²) in [5, 5.41) is 4.59. The molecule has 0 fully saturated rings. The van der Waals surface area contributed by atoms with Crippen LogP contribution in [0.3, 0.4) is 0 Å². The van der Waals surface area contributed by atoms with E-state index >= 15 is 0 Å². The van der Waals surface area contributed by atoms with Gasteiger partial charge in [-0.1, -0.05) is 26.0 Å². The van der Waals surface area contributed by atoms with Crippen molar-refractivity contribution in [3.05, 3.63) is 46.6 Å². The van der Waals surface area contributed by atoms with E-state index in [1.165, 1.54) is 10.4 Å². The van der Waals surface area contributed by atoms with Crippen LogP contribution in [0.15, 0.2) is 30.3 Å². The molecule has 0 aliphatic carbocycles. The quantitative estimate of drug-likeness (QED) is 0.727. The van der Waals surface area contributed by atoms with Crippen molar-refractivity contribution in [3.63, 3.8) is 0 Å². The van der Waals surface area contributed by atoms with E-state index in [0.717, 1.165) is 47.0 Å². The highest BCUT2D eigenvalue weighted by Gasteiger charge is 2.10. The van der Waals surface area contributed by atoms with Crippen LogP contribution in [-0.4, -0.2) is 17.1 Å². The molecule has 2 heterocycles. The molecular formula is C18H21N3OS. The number of fused-ring (bicyclic) bond motifs is 1. The van der Waals surface area contributed by atoms with Crippen molar-refractivity contribution < 1.29 is 4.74 Å². The smallest absolute Gasteiger partial charge is 0.138 e. The van der Waals surface area contributed by atoms with Gasteiger partial charge in [-0.15, -0.1) is 11.3 Å². The van der Waals surface area contributed by atoms with Crippen LogP contribution in [0.2, 0.25) is 0 Å². The Balaban J connectivity index is 1.86. The number of thiophene rings is 1. The Morgan fingerprint density at radius 3 is 2.52 bits per heavy atom. The summed E-state index contributed by atoms with van der Waals surface area (Å²) < 4.78 is 5.20. The van der Waals surface area contributed by atoms with E-state index in [1.54, 1.807) is 18.4 Å². The molecule has 4 nitrogen and oxygen atoms in total. The molecule has 1 N–H and O–H groups in total. The summed E-state index contributed by atoms with van der Waals surface area (Å²) in [6.07, 6.45) is 1.87. The van der Waals surface area contributed by atoms with Crippen LogP contribution < -0.4 is 10.1 Å². The van der Waals surface area contributed by atoms with Gasteiger partial charge in [0.25, 0.3) is 0 Å². The first-order valence-corrected chi connectivity index (χ1v) is 8.71. The lowest BCUT2D eigenvalue weighted by Gasteiger charge is -2.09. The molecule has 0 saturated carbocycles. The normalized spacial score (nSPS) is 10.9. The molecule has 120 valence electrons. The second-order valence-electron chi connectivity index (χ2n) is 5.33. The molecule has 0 aliphatic heterocycles. The molecule has 0 radical (unpaired) electrons. The van der Waals surface area contributed by atoms with Gasteiger partial charge >= 0.3 is 0 Å². The maximum Gasteiger partial charge on any atom is 0.138 e. The SMILES string of the molecule is CCc1nc(NCc2ccc(OC)cc2)c2cc(CC)sc2n1. The zero-order valence-corrected chi connectivity index (χ0v) is 14.5. The largest absolute Gasteiger partial charge is 0.497 e. The van der Waals surface area contributed by atoms with Crippen LogP contribution >= 0.6 is 11.3 Å². The number of aromatic nitrogens is 2. The summed E-state index contributed by atoms with van der Waals surface area (Å²) in [4.78, 5) is 11.7. The average molecular weight is 327 g/mol. The Morgan fingerprint density at radius 1 is 1.09 bits per heavy atom. The maximum absolute atomic E-state index is 5.20. The third kappa shape index (κ3) is 3.45. The van der Waals surface area contributed by atoms with Crippen molar-refractivity contribution in [1.82, 2.24) is 9.97 Å². The first-order chi connectivity index (χ1) is 11.2. The lowest BCUT2D eigenvalue weighted by molar-refractivity contribution is 0.414. The van der Waals surface area contributed by atoms with Gasteiger partial charge in [0, 0.05) is 17.8 Å². The number of hydrogen-bond donors (Lipinski definition) is 1. The molecule has 23 heavy (non-hydrogen) atoms. The highest BCUT2D eigenvalue weighted by atomic mass is 32.1. The predicted octanol–water partition coefficient (Wildman–Crippen LogP) is 4.44. The second-order valence-corrected chi connectivity index (χ2v) is 6.44. The number of nitrogens with zero attached hydrogens (tertiary/aromatic N) is 2. The Kier molecular flexibility index (Phi) is 4.76. The lowest BCUT2D eigenvalue weighted by Crippen LogP contribution is -2.04. The molecule has 0 bridgehead atoms. The number of rotatable bonds is 6. The van der Waals surface area contributed by atoms with Gasteiger partial charge in [0.05, 0.1) is 12.5 Å². The van der Waals surface area contributed by atoms with Gasteiger partial charge in [-0.3, -0.25) is 0 Å². The van der Waals surface area contributed by atoms with E-state index in [1.807, 2.05) is 12.1 Å². The highest BCUT2D eigenvalue weighted by Crippen LogP contribution is 2.29. The molecule has 0 aliphatic rings. The van der Waals surface area contributed by atoms with Crippen LogP contribution in [0.5, 0.6) is 5.75 Å². The van der Waals surface area contributed by atoms with Crippen LogP contribution in [0.4, 0.5) is 5.82 Å². The summed E-state index contributed by atoms with van der Waals surface area (Å²) in [6.45, 7) is 4.99. The van der Waals surface area contributed by atoms with E-state index < -0.39 is 0 Å². The van der Waals surface area contributed by atoms with Crippen LogP contribution in [0, 0.1) is 0 Å². The molecule has 0 atom stereocenters. The van der Waals surface area contributed by atoms with Gasteiger partial charge in [0.2, 0.25) is 0 Å². The lowest BCUT2D eigenvalue weighted by atomic mass is 10.2. The zero-order chi connectivity index (χ0) is 16.2. The van der Waals surface area contributed by atoms with Gasteiger partial charge in [0.1, 0.15) is 22.2 Å². The van der Waals surface area contributed by atoms with Crippen molar-refractivity contribution in [2.45, 2.75) is 33.2 Å². The number of anilines is 1. The molecule has 0 unspecified atom stereocenters. The van der Waals surface area contributed by atoms with E-state index in [0.29, 0.717) is 0 Å². The molecule has 0 spiro atoms. The first kappa shape index (κ1) is 15.7. The zero-order valence-electron chi connectivity index (χ0n) is 13.7. The minimum absolute atomic E-state index is 0.733. The van der Waals surface area contributed by atoms with Crippen LogP contribution in [0.1, 0.15) is 30.1 Å². The fourth-order valence-corrected chi connectivity index (χ4v) is 3.40. The molecule has 5 heteroatoms. The Labute approximate surface area is 140 Å². The van der Waals surface area contributed by atoms with Gasteiger partial charge in [0.15, 0.2) is 0 Å². The Hall–Kier alpha value is -2.14. The van der Waals surface area contributed by atoms with E-state index in [-0.39, 0.29) is 0 Å². The second kappa shape index (κ2) is 6.96. The summed E-state index contributed by atoms with van der Waals surface area (Å²) in [6, 6.07) is 10.3. The van der Waals surface area contributed by atoms with E-state index in [4.69, 9.17) is 4.74 Å². The number of hydrogen-bond acceptors (Lipinski definition) is 5. The summed E-state index contributed by atoms with van der Waals surface area (Å²) >= 11 is 1.76. The van der Waals surface area contributed by atoms with Crippen molar-refractivity contribution in [2.24, 2.45) is 0 Å². The molecule has 3 rings (SSSR count). The number of ether oxygens (including phenoxy) is 1. The van der Waals surface area contributed by atoms with Crippen LogP contribution in [0.25, 0.3) is 10.2 Å². The molecule has 0 saturated heterocycles. The molecule has 2 aromatic heterocycles. The third-order valence-corrected chi connectivity index (χ3v) is 4.95. The van der Waals surface area contributed by atoms with Crippen LogP contribution in [-0.2, 0) is 19.4 Å². The van der Waals surface area contributed by atoms with Gasteiger partial charge in [-0.25, -0.2) is 9.97 Å². The Morgan fingerprint density at radius 2 is 1.87 bits per heavy atom. The van der Waals surface area contributed by atoms with Gasteiger partial charge in [-0.05, 0) is 30.2 Å². The van der Waals surface area contributed by atoms with Crippen molar-refractivity contribution in [1.29, 1.82) is 0 Å². The minimum Gasteiger partial charge on any atom is -0.497 e. The van der Waals surface area contributed by atoms with Gasteiger partial charge < -0.3 is 10.1 Å². The minimum atomic E-state index is 0.733. The van der Waals surface area contributed by atoms with Crippen molar-refractivity contribution >= 4 is 27.4 Å².